The lowest BCUT2D eigenvalue weighted by atomic mass is 10.2. The van der Waals surface area contributed by atoms with Gasteiger partial charge in [0.15, 0.2) is 11.4 Å². The molecule has 0 fully saturated rings. The van der Waals surface area contributed by atoms with Gasteiger partial charge in [-0.1, -0.05) is 35.6 Å². The number of nitrogens with zero attached hydrogens (tertiary/aromatic N) is 3. The second-order valence-corrected chi connectivity index (χ2v) is 6.98. The number of ether oxygens (including phenoxy) is 1. The average Bonchev–Trinajstić information content (AvgIpc) is 2.97. The molecule has 7 heteroatoms. The lowest BCUT2D eigenvalue weighted by molar-refractivity contribution is -0.121. The number of rotatable bonds is 3. The SMILES string of the molecule is Cn1c(=NC(=O)CCN2C(=O)COc3ccccc32)sc2ccccc21. The number of carbonyl (C=O) groups is 2. The first-order valence-corrected chi connectivity index (χ1v) is 9.09. The minimum atomic E-state index is -0.246. The topological polar surface area (TPSA) is 63.9 Å². The van der Waals surface area contributed by atoms with Gasteiger partial charge < -0.3 is 14.2 Å². The Balaban J connectivity index is 1.54. The molecule has 0 unspecified atom stereocenters. The first-order valence-electron chi connectivity index (χ1n) is 8.28. The number of carbonyl (C=O) groups excluding carboxylic acids is 2. The number of aryl methyl sites for hydroxylation is 1. The number of fused-ring (bicyclic) bond motifs is 2. The van der Waals surface area contributed by atoms with E-state index in [1.165, 1.54) is 11.3 Å². The van der Waals surface area contributed by atoms with Crippen LogP contribution >= 0.6 is 11.3 Å². The third-order valence-corrected chi connectivity index (χ3v) is 5.41. The maximum atomic E-state index is 12.4. The van der Waals surface area contributed by atoms with E-state index in [4.69, 9.17) is 4.74 Å². The van der Waals surface area contributed by atoms with E-state index in [1.54, 1.807) is 4.90 Å². The van der Waals surface area contributed by atoms with Crippen molar-refractivity contribution in [2.75, 3.05) is 18.1 Å². The lowest BCUT2D eigenvalue weighted by Crippen LogP contribution is -2.40. The first kappa shape index (κ1) is 16.5. The van der Waals surface area contributed by atoms with Crippen LogP contribution in [0.4, 0.5) is 5.69 Å². The summed E-state index contributed by atoms with van der Waals surface area (Å²) in [7, 11) is 1.90. The molecule has 1 aliphatic rings. The van der Waals surface area contributed by atoms with Gasteiger partial charge in [-0.3, -0.25) is 9.59 Å². The maximum absolute atomic E-state index is 12.4. The number of amides is 2. The van der Waals surface area contributed by atoms with E-state index in [0.29, 0.717) is 16.2 Å². The van der Waals surface area contributed by atoms with Gasteiger partial charge in [-0.2, -0.15) is 4.99 Å². The Hall–Kier alpha value is -2.93. The van der Waals surface area contributed by atoms with Crippen LogP contribution in [0.15, 0.2) is 53.5 Å². The van der Waals surface area contributed by atoms with E-state index in [-0.39, 0.29) is 31.4 Å². The average molecular weight is 367 g/mol. The summed E-state index contributed by atoms with van der Waals surface area (Å²) in [4.78, 5) is 31.0. The van der Waals surface area contributed by atoms with Crippen LogP contribution in [0.25, 0.3) is 10.2 Å². The van der Waals surface area contributed by atoms with Crippen molar-refractivity contribution in [3.05, 3.63) is 53.3 Å². The molecule has 1 aromatic heterocycles. The van der Waals surface area contributed by atoms with Crippen LogP contribution < -0.4 is 14.4 Å². The van der Waals surface area contributed by atoms with E-state index in [1.807, 2.05) is 60.1 Å². The van der Waals surface area contributed by atoms with Gasteiger partial charge in [0, 0.05) is 20.0 Å². The first-order chi connectivity index (χ1) is 12.6. The van der Waals surface area contributed by atoms with Crippen LogP contribution in [-0.4, -0.2) is 29.5 Å². The Morgan fingerprint density at radius 3 is 2.81 bits per heavy atom. The second kappa shape index (κ2) is 6.76. The fourth-order valence-electron chi connectivity index (χ4n) is 2.96. The number of hydrogen-bond acceptors (Lipinski definition) is 4. The summed E-state index contributed by atoms with van der Waals surface area (Å²) in [6.07, 6.45) is 0.161. The van der Waals surface area contributed by atoms with Crippen molar-refractivity contribution in [3.63, 3.8) is 0 Å². The monoisotopic (exact) mass is 367 g/mol. The van der Waals surface area contributed by atoms with E-state index in [9.17, 15) is 9.59 Å². The van der Waals surface area contributed by atoms with Gasteiger partial charge in [-0.25, -0.2) is 0 Å². The Bertz CT molecular complexity index is 1070. The van der Waals surface area contributed by atoms with E-state index in [0.717, 1.165) is 10.2 Å². The van der Waals surface area contributed by atoms with Crippen molar-refractivity contribution < 1.29 is 14.3 Å². The van der Waals surface area contributed by atoms with E-state index in [2.05, 4.69) is 4.99 Å². The minimum absolute atomic E-state index is 0.00633. The van der Waals surface area contributed by atoms with E-state index >= 15 is 0 Å². The largest absolute Gasteiger partial charge is 0.482 e. The normalized spacial score (nSPS) is 14.4. The van der Waals surface area contributed by atoms with Crippen LogP contribution in [0.2, 0.25) is 0 Å². The zero-order valence-electron chi connectivity index (χ0n) is 14.2. The number of anilines is 1. The van der Waals surface area contributed by atoms with Crippen LogP contribution in [0, 0.1) is 0 Å². The molecule has 2 heterocycles. The van der Waals surface area contributed by atoms with Crippen molar-refractivity contribution in [1.29, 1.82) is 0 Å². The molecular weight excluding hydrogens is 350 g/mol. The molecule has 2 aromatic carbocycles. The molecular formula is C19H17N3O3S. The molecule has 1 aliphatic heterocycles. The summed E-state index contributed by atoms with van der Waals surface area (Å²) in [5, 5.41) is 0. The number of aromatic nitrogens is 1. The number of hydrogen-bond donors (Lipinski definition) is 0. The Morgan fingerprint density at radius 1 is 1.19 bits per heavy atom. The zero-order chi connectivity index (χ0) is 18.1. The highest BCUT2D eigenvalue weighted by Crippen LogP contribution is 2.31. The Labute approximate surface area is 154 Å². The molecule has 4 rings (SSSR count). The van der Waals surface area contributed by atoms with E-state index < -0.39 is 0 Å². The van der Waals surface area contributed by atoms with Crippen molar-refractivity contribution in [2.24, 2.45) is 12.0 Å². The number of para-hydroxylation sites is 3. The Kier molecular flexibility index (Phi) is 4.30. The van der Waals surface area contributed by atoms with Crippen molar-refractivity contribution in [1.82, 2.24) is 4.57 Å². The molecule has 2 amide bonds. The van der Waals surface area contributed by atoms with Gasteiger partial charge in [0.05, 0.1) is 15.9 Å². The summed E-state index contributed by atoms with van der Waals surface area (Å²) >= 11 is 1.48. The fraction of sp³-hybridized carbons (Fsp3) is 0.211. The highest BCUT2D eigenvalue weighted by Gasteiger charge is 2.25. The summed E-state index contributed by atoms with van der Waals surface area (Å²) < 4.78 is 8.41. The standard InChI is InChI=1S/C19H17N3O3S/c1-21-14-7-3-5-9-16(14)26-19(21)20-17(23)10-11-22-13-6-2-4-8-15(13)25-12-18(22)24/h2-9H,10-12H2,1H3. The fourth-order valence-corrected chi connectivity index (χ4v) is 3.99. The molecule has 26 heavy (non-hydrogen) atoms. The quantitative estimate of drug-likeness (QED) is 0.714. The number of benzene rings is 2. The smallest absolute Gasteiger partial charge is 0.265 e. The van der Waals surface area contributed by atoms with Gasteiger partial charge in [-0.15, -0.1) is 0 Å². The molecule has 132 valence electrons. The summed E-state index contributed by atoms with van der Waals surface area (Å²) in [6, 6.07) is 15.3. The van der Waals surface area contributed by atoms with Gasteiger partial charge in [0.25, 0.3) is 5.91 Å². The molecule has 0 saturated carbocycles. The van der Waals surface area contributed by atoms with Crippen molar-refractivity contribution >= 4 is 39.1 Å². The van der Waals surface area contributed by atoms with Gasteiger partial charge >= 0.3 is 0 Å². The molecule has 0 bridgehead atoms. The molecule has 0 radical (unpaired) electrons. The third-order valence-electron chi connectivity index (χ3n) is 4.29. The van der Waals surface area contributed by atoms with Crippen LogP contribution in [-0.2, 0) is 16.6 Å². The van der Waals surface area contributed by atoms with Gasteiger partial charge in [0.1, 0.15) is 5.75 Å². The van der Waals surface area contributed by atoms with Crippen LogP contribution in [0.3, 0.4) is 0 Å². The molecule has 3 aromatic rings. The predicted molar refractivity (Wildman–Crippen MR) is 100 cm³/mol. The highest BCUT2D eigenvalue weighted by atomic mass is 32.1. The van der Waals surface area contributed by atoms with Crippen LogP contribution in [0.1, 0.15) is 6.42 Å². The predicted octanol–water partition coefficient (Wildman–Crippen LogP) is 2.48. The minimum Gasteiger partial charge on any atom is -0.482 e. The lowest BCUT2D eigenvalue weighted by Gasteiger charge is -2.28. The van der Waals surface area contributed by atoms with Gasteiger partial charge in [0.2, 0.25) is 5.91 Å². The molecule has 0 N–H and O–H groups in total. The molecule has 0 aliphatic carbocycles. The summed E-state index contributed by atoms with van der Waals surface area (Å²) in [5.74, 6) is 0.264. The van der Waals surface area contributed by atoms with Crippen molar-refractivity contribution in [2.45, 2.75) is 6.42 Å². The molecule has 6 nitrogen and oxygen atoms in total. The number of thiazole rings is 1. The molecule has 0 spiro atoms. The van der Waals surface area contributed by atoms with Gasteiger partial charge in [-0.05, 0) is 24.3 Å². The second-order valence-electron chi connectivity index (χ2n) is 5.97. The van der Waals surface area contributed by atoms with Crippen molar-refractivity contribution in [3.8, 4) is 5.75 Å². The van der Waals surface area contributed by atoms with Crippen LogP contribution in [0.5, 0.6) is 5.75 Å². The summed E-state index contributed by atoms with van der Waals surface area (Å²) in [5.41, 5.74) is 1.74. The maximum Gasteiger partial charge on any atom is 0.265 e. The summed E-state index contributed by atoms with van der Waals surface area (Å²) in [6.45, 7) is 0.282. The third kappa shape index (κ3) is 3.01. The zero-order valence-corrected chi connectivity index (χ0v) is 15.0. The molecule has 0 saturated heterocycles. The highest BCUT2D eigenvalue weighted by molar-refractivity contribution is 7.16. The molecule has 0 atom stereocenters. The Morgan fingerprint density at radius 2 is 1.96 bits per heavy atom.